The summed E-state index contributed by atoms with van der Waals surface area (Å²) in [5.41, 5.74) is 3.14. The van der Waals surface area contributed by atoms with Gasteiger partial charge in [-0.1, -0.05) is 29.3 Å². The third kappa shape index (κ3) is 6.03. The molecule has 0 fully saturated rings. The number of H-pyrrole nitrogens is 1. The second-order valence-corrected chi connectivity index (χ2v) is 7.56. The fraction of sp³-hybridized carbons (Fsp3) is 0.238. The molecule has 0 radical (unpaired) electrons. The van der Waals surface area contributed by atoms with Gasteiger partial charge in [-0.15, -0.1) is 0 Å². The van der Waals surface area contributed by atoms with E-state index in [1.807, 2.05) is 18.0 Å². The maximum absolute atomic E-state index is 13.0. The Morgan fingerprint density at radius 2 is 1.97 bits per heavy atom. The fourth-order valence-electron chi connectivity index (χ4n) is 2.91. The van der Waals surface area contributed by atoms with Crippen molar-refractivity contribution in [3.05, 3.63) is 70.1 Å². The summed E-state index contributed by atoms with van der Waals surface area (Å²) in [7, 11) is 1.88. The molecular formula is C21H21Cl2FN4O. The normalized spacial score (nSPS) is 11.1. The van der Waals surface area contributed by atoms with E-state index >= 15 is 0 Å². The van der Waals surface area contributed by atoms with E-state index in [0.717, 1.165) is 36.3 Å². The molecule has 0 saturated heterocycles. The van der Waals surface area contributed by atoms with Crippen molar-refractivity contribution < 1.29 is 9.18 Å². The number of carbonyl (C=O) groups excluding carboxylic acids is 1. The lowest BCUT2D eigenvalue weighted by atomic mass is 10.1. The Kier molecular flexibility index (Phi) is 7.25. The van der Waals surface area contributed by atoms with Crippen LogP contribution in [0.3, 0.4) is 0 Å². The summed E-state index contributed by atoms with van der Waals surface area (Å²) in [6.07, 6.45) is 1.65. The van der Waals surface area contributed by atoms with Crippen molar-refractivity contribution in [3.63, 3.8) is 0 Å². The molecule has 0 aliphatic carbocycles. The Hall–Kier alpha value is -2.41. The first-order valence-electron chi connectivity index (χ1n) is 9.15. The van der Waals surface area contributed by atoms with Crippen LogP contribution in [0.5, 0.6) is 0 Å². The number of aromatic amines is 1. The molecule has 3 aromatic rings. The molecule has 8 heteroatoms. The van der Waals surface area contributed by atoms with Gasteiger partial charge in [-0.3, -0.25) is 14.8 Å². The van der Waals surface area contributed by atoms with E-state index in [1.54, 1.807) is 30.3 Å². The van der Waals surface area contributed by atoms with Gasteiger partial charge in [0.2, 0.25) is 5.91 Å². The minimum atomic E-state index is -0.269. The number of nitrogens with zero attached hydrogens (tertiary/aromatic N) is 2. The highest BCUT2D eigenvalue weighted by Crippen LogP contribution is 2.29. The Morgan fingerprint density at radius 3 is 2.72 bits per heavy atom. The number of anilines is 1. The van der Waals surface area contributed by atoms with Gasteiger partial charge in [0.25, 0.3) is 0 Å². The Morgan fingerprint density at radius 1 is 1.21 bits per heavy atom. The number of aryl methyl sites for hydroxylation is 1. The molecule has 152 valence electrons. The maximum Gasteiger partial charge on any atom is 0.238 e. The molecule has 0 unspecified atom stereocenters. The predicted molar refractivity (Wildman–Crippen MR) is 115 cm³/mol. The van der Waals surface area contributed by atoms with E-state index in [4.69, 9.17) is 23.2 Å². The van der Waals surface area contributed by atoms with Gasteiger partial charge in [0, 0.05) is 11.3 Å². The molecule has 0 spiro atoms. The summed E-state index contributed by atoms with van der Waals surface area (Å²) < 4.78 is 13.0. The van der Waals surface area contributed by atoms with E-state index in [-0.39, 0.29) is 18.3 Å². The van der Waals surface area contributed by atoms with Crippen LogP contribution in [0.1, 0.15) is 12.1 Å². The van der Waals surface area contributed by atoms with Crippen LogP contribution >= 0.6 is 23.2 Å². The largest absolute Gasteiger partial charge is 0.324 e. The average Bonchev–Trinajstić information content (AvgIpc) is 3.15. The van der Waals surface area contributed by atoms with Gasteiger partial charge in [-0.25, -0.2) is 4.39 Å². The van der Waals surface area contributed by atoms with Gasteiger partial charge in [0.1, 0.15) is 5.82 Å². The highest BCUT2D eigenvalue weighted by molar-refractivity contribution is 6.44. The third-order valence-corrected chi connectivity index (χ3v) is 5.21. The quantitative estimate of drug-likeness (QED) is 0.522. The Labute approximate surface area is 178 Å². The predicted octanol–water partition coefficient (Wildman–Crippen LogP) is 5.03. The number of carbonyl (C=O) groups is 1. The number of nitrogens with one attached hydrogen (secondary N) is 2. The highest BCUT2D eigenvalue weighted by atomic mass is 35.5. The molecule has 0 atom stereocenters. The highest BCUT2D eigenvalue weighted by Gasteiger charge is 2.11. The second-order valence-electron chi connectivity index (χ2n) is 6.78. The summed E-state index contributed by atoms with van der Waals surface area (Å²) in [6, 6.07) is 13.3. The zero-order valence-corrected chi connectivity index (χ0v) is 17.4. The molecule has 3 rings (SSSR count). The first-order valence-corrected chi connectivity index (χ1v) is 9.90. The van der Waals surface area contributed by atoms with Gasteiger partial charge in [-0.2, -0.15) is 5.10 Å². The number of benzene rings is 2. The van der Waals surface area contributed by atoms with Crippen molar-refractivity contribution in [3.8, 4) is 11.3 Å². The molecule has 0 aliphatic rings. The molecule has 1 heterocycles. The molecule has 0 saturated carbocycles. The molecule has 29 heavy (non-hydrogen) atoms. The lowest BCUT2D eigenvalue weighted by Gasteiger charge is -2.16. The van der Waals surface area contributed by atoms with Crippen LogP contribution in [0, 0.1) is 5.82 Å². The van der Waals surface area contributed by atoms with Gasteiger partial charge >= 0.3 is 0 Å². The van der Waals surface area contributed by atoms with Crippen LogP contribution < -0.4 is 5.32 Å². The lowest BCUT2D eigenvalue weighted by molar-refractivity contribution is -0.117. The van der Waals surface area contributed by atoms with Crippen molar-refractivity contribution in [1.29, 1.82) is 0 Å². The number of aromatic nitrogens is 2. The number of amides is 1. The molecular weight excluding hydrogens is 414 g/mol. The summed E-state index contributed by atoms with van der Waals surface area (Å²) in [4.78, 5) is 14.1. The molecule has 1 amide bonds. The zero-order valence-electron chi connectivity index (χ0n) is 15.9. The SMILES string of the molecule is CN(CCCc1cc(-c2ccc(F)cc2)n[nH]1)CC(=O)Nc1cccc(Cl)c1Cl. The molecule has 2 aromatic carbocycles. The Balaban J connectivity index is 1.44. The fourth-order valence-corrected chi connectivity index (χ4v) is 3.26. The molecule has 0 bridgehead atoms. The van der Waals surface area contributed by atoms with Crippen molar-refractivity contribution >= 4 is 34.8 Å². The molecule has 1 aromatic heterocycles. The van der Waals surface area contributed by atoms with Crippen LogP contribution in [0.25, 0.3) is 11.3 Å². The van der Waals surface area contributed by atoms with Crippen LogP contribution in [0.15, 0.2) is 48.5 Å². The molecule has 0 aliphatic heterocycles. The first kappa shape index (κ1) is 21.3. The van der Waals surface area contributed by atoms with Crippen LogP contribution in [0.4, 0.5) is 10.1 Å². The number of halogens is 3. The van der Waals surface area contributed by atoms with Crippen molar-refractivity contribution in [1.82, 2.24) is 15.1 Å². The van der Waals surface area contributed by atoms with Gasteiger partial charge in [0.15, 0.2) is 0 Å². The van der Waals surface area contributed by atoms with Crippen molar-refractivity contribution in [2.24, 2.45) is 0 Å². The van der Waals surface area contributed by atoms with Crippen LogP contribution in [-0.4, -0.2) is 41.1 Å². The minimum absolute atomic E-state index is 0.156. The average molecular weight is 435 g/mol. The van der Waals surface area contributed by atoms with Crippen molar-refractivity contribution in [2.75, 3.05) is 25.5 Å². The number of rotatable bonds is 8. The van der Waals surface area contributed by atoms with E-state index < -0.39 is 0 Å². The zero-order chi connectivity index (χ0) is 20.8. The van der Waals surface area contributed by atoms with Gasteiger partial charge < -0.3 is 5.32 Å². The third-order valence-electron chi connectivity index (χ3n) is 4.40. The second kappa shape index (κ2) is 9.87. The van der Waals surface area contributed by atoms with E-state index in [1.165, 1.54) is 12.1 Å². The summed E-state index contributed by atoms with van der Waals surface area (Å²) in [5, 5.41) is 10.8. The van der Waals surface area contributed by atoms with E-state index in [0.29, 0.717) is 15.7 Å². The standard InChI is InChI=1S/C21H21Cl2FN4O/c1-28(13-20(29)25-18-6-2-5-17(22)21(18)23)11-3-4-16-12-19(27-26-16)14-7-9-15(24)10-8-14/h2,5-10,12H,3-4,11,13H2,1H3,(H,25,29)(H,26,27). The monoisotopic (exact) mass is 434 g/mol. The molecule has 5 nitrogen and oxygen atoms in total. The topological polar surface area (TPSA) is 61.0 Å². The van der Waals surface area contributed by atoms with Gasteiger partial charge in [0.05, 0.1) is 28.0 Å². The minimum Gasteiger partial charge on any atom is -0.324 e. The lowest BCUT2D eigenvalue weighted by Crippen LogP contribution is -2.31. The number of hydrogen-bond acceptors (Lipinski definition) is 3. The first-order chi connectivity index (χ1) is 13.9. The van der Waals surface area contributed by atoms with Crippen LogP contribution in [0.2, 0.25) is 10.0 Å². The summed E-state index contributed by atoms with van der Waals surface area (Å²) in [5.74, 6) is -0.425. The Bertz CT molecular complexity index is 975. The maximum atomic E-state index is 13.0. The number of hydrogen-bond donors (Lipinski definition) is 2. The number of likely N-dealkylation sites (N-methyl/N-ethyl adjacent to an activating group) is 1. The van der Waals surface area contributed by atoms with E-state index in [9.17, 15) is 9.18 Å². The summed E-state index contributed by atoms with van der Waals surface area (Å²) in [6.45, 7) is 0.980. The van der Waals surface area contributed by atoms with Crippen molar-refractivity contribution in [2.45, 2.75) is 12.8 Å². The van der Waals surface area contributed by atoms with E-state index in [2.05, 4.69) is 15.5 Å². The molecule has 2 N–H and O–H groups in total. The summed E-state index contributed by atoms with van der Waals surface area (Å²) >= 11 is 12.1. The van der Waals surface area contributed by atoms with Crippen LogP contribution in [-0.2, 0) is 11.2 Å². The smallest absolute Gasteiger partial charge is 0.238 e. The van der Waals surface area contributed by atoms with Gasteiger partial charge in [-0.05, 0) is 68.9 Å².